The van der Waals surface area contributed by atoms with E-state index in [1.54, 1.807) is 233 Å². The molecule has 9 aromatic carbocycles. The van der Waals surface area contributed by atoms with Crippen LogP contribution in [0.2, 0.25) is 0 Å². The van der Waals surface area contributed by atoms with E-state index in [4.69, 9.17) is 0 Å². The first-order valence-electron chi connectivity index (χ1n) is 41.0. The summed E-state index contributed by atoms with van der Waals surface area (Å²) in [6.07, 6.45) is 1.66. The molecule has 0 fully saturated rings. The normalized spacial score (nSPS) is 15.2. The second-order valence-corrected chi connectivity index (χ2v) is 48.2. The molecule has 0 saturated heterocycles. The van der Waals surface area contributed by atoms with Gasteiger partial charge in [0.2, 0.25) is 44.2 Å². The highest BCUT2D eigenvalue weighted by Crippen LogP contribution is 2.54. The maximum Gasteiger partial charge on any atom is 0.313 e. The monoisotopic (exact) mass is 1960 g/mol. The summed E-state index contributed by atoms with van der Waals surface area (Å²) >= 11 is 4.05. The van der Waals surface area contributed by atoms with Gasteiger partial charge in [-0.05, 0) is 136 Å². The molecule has 0 radical (unpaired) electrons. The van der Waals surface area contributed by atoms with E-state index in [0.717, 1.165) is 66.1 Å². The van der Waals surface area contributed by atoms with E-state index < -0.39 is 116 Å². The van der Waals surface area contributed by atoms with E-state index in [9.17, 15) is 116 Å². The van der Waals surface area contributed by atoms with E-state index in [0.29, 0.717) is 32.8 Å². The molecule has 27 nitrogen and oxygen atoms in total. The van der Waals surface area contributed by atoms with E-state index in [-0.39, 0.29) is 73.9 Å². The van der Waals surface area contributed by atoms with Crippen LogP contribution in [0.3, 0.4) is 0 Å². The third-order valence-electron chi connectivity index (χ3n) is 20.9. The smallest absolute Gasteiger partial charge is 0.313 e. The predicted octanol–water partition coefficient (Wildman–Crippen LogP) is 21.6. The fourth-order valence-electron chi connectivity index (χ4n) is 14.7. The molecule has 12 atom stereocenters. The molecule has 0 saturated carbocycles. The summed E-state index contributed by atoms with van der Waals surface area (Å²) < 4.78 is 74.7. The van der Waals surface area contributed by atoms with Crippen LogP contribution in [0, 0.1) is 0 Å². The van der Waals surface area contributed by atoms with Crippen molar-refractivity contribution in [3.8, 4) is 0 Å². The number of fused-ring (bicyclic) bond motifs is 3. The zero-order valence-electron chi connectivity index (χ0n) is 70.8. The number of aromatic nitrogens is 3. The molecule has 132 heavy (non-hydrogen) atoms. The summed E-state index contributed by atoms with van der Waals surface area (Å²) in [6, 6.07) is 84.1. The van der Waals surface area contributed by atoms with Crippen LogP contribution in [0.15, 0.2) is 324 Å². The number of para-hydroxylation sites is 2. The fourth-order valence-corrected chi connectivity index (χ4v) is 28.1. The zero-order chi connectivity index (χ0) is 95.2. The van der Waals surface area contributed by atoms with Crippen molar-refractivity contribution in [2.75, 3.05) is 37.0 Å². The Bertz CT molecular complexity index is 6260. The van der Waals surface area contributed by atoms with Crippen molar-refractivity contribution in [2.45, 2.75) is 72.5 Å². The third-order valence-corrected chi connectivity index (χ3v) is 34.1. The second kappa shape index (κ2) is 48.4. The molecule has 12 unspecified atom stereocenters. The van der Waals surface area contributed by atoms with Gasteiger partial charge in [-0.1, -0.05) is 237 Å². The Hall–Kier alpha value is -11.3. The fraction of sp³-hybridized carbons (Fsp3) is 0.188. The summed E-state index contributed by atoms with van der Waals surface area (Å²) in [5.74, 6) is -12.4. The van der Waals surface area contributed by atoms with E-state index in [2.05, 4.69) is 15.0 Å². The van der Waals surface area contributed by atoms with Crippen molar-refractivity contribution in [3.63, 3.8) is 0 Å². The first-order valence-corrected chi connectivity index (χ1v) is 56.0. The molecule has 15 N–H and O–H groups in total. The van der Waals surface area contributed by atoms with Crippen molar-refractivity contribution in [1.82, 2.24) is 15.0 Å². The number of hydrogen-bond acceptors (Lipinski definition) is 15. The van der Waals surface area contributed by atoms with E-state index in [1.165, 1.54) is 34.0 Å². The SMILES string of the molecule is O=C(O)C(CP(=O)(O)Cc1ccccc1)c1c[nH]c2ccccc12.O=C(O)C(CP(=O)(O)Cc1ccccc1)c1cc2ccccc2[nH]1.O=C(O)C(CP(=O)(O)Cc1ccccc1)c1cccc2[nH]ccc12.O=C(O)C(CP(=O)(O)Cc1ccccc1)c1cccs1.O=C(O)C(CP(=O)(O)Cc1ccccc1)c1ccsc1.O=C(O)C(CP(=O)(O)Cc1ccccc1)c1ccsc1. The van der Waals surface area contributed by atoms with Crippen LogP contribution < -0.4 is 0 Å². The van der Waals surface area contributed by atoms with Crippen molar-refractivity contribution < 1.29 is 116 Å². The van der Waals surface area contributed by atoms with Crippen molar-refractivity contribution >= 4 is 147 Å². The van der Waals surface area contributed by atoms with Crippen molar-refractivity contribution in [3.05, 3.63) is 391 Å². The number of hydrogen-bond donors (Lipinski definition) is 15. The Balaban J connectivity index is 0.000000165. The minimum absolute atomic E-state index is 0.00174. The van der Waals surface area contributed by atoms with E-state index in [1.807, 2.05) is 91.0 Å². The second-order valence-electron chi connectivity index (χ2n) is 31.4. The van der Waals surface area contributed by atoms with Crippen molar-refractivity contribution in [1.29, 1.82) is 0 Å². The van der Waals surface area contributed by atoms with Crippen LogP contribution >= 0.6 is 78.2 Å². The summed E-state index contributed by atoms with van der Waals surface area (Å²) in [5.41, 5.74) is 9.58. The minimum atomic E-state index is -3.64. The number of benzene rings is 9. The molecule has 36 heteroatoms. The first-order chi connectivity index (χ1) is 62.8. The number of carboxylic acid groups (broad SMARTS) is 6. The third kappa shape index (κ3) is 32.5. The van der Waals surface area contributed by atoms with Gasteiger partial charge in [-0.25, -0.2) is 0 Å². The molecule has 690 valence electrons. The molecule has 6 aromatic heterocycles. The molecular weight excluding hydrogens is 1860 g/mol. The van der Waals surface area contributed by atoms with E-state index >= 15 is 0 Å². The molecule has 0 amide bonds. The quantitative estimate of drug-likeness (QED) is 0.0162. The van der Waals surface area contributed by atoms with Gasteiger partial charge < -0.3 is 75.0 Å². The number of rotatable bonds is 36. The maximum atomic E-state index is 12.6. The highest BCUT2D eigenvalue weighted by Gasteiger charge is 2.38. The van der Waals surface area contributed by atoms with Gasteiger partial charge in [-0.15, -0.1) is 11.3 Å². The largest absolute Gasteiger partial charge is 0.481 e. The Labute approximate surface area is 772 Å². The Morgan fingerprint density at radius 2 is 0.598 bits per heavy atom. The number of aromatic amines is 3. The molecule has 0 aliphatic rings. The number of nitrogens with one attached hydrogen (secondary N) is 3. The standard InChI is InChI=1S/3C18H18NO4P.3C14H15O4PS/c20-18(21)16(15-10-19-17-9-5-4-8-14(15)17)12-24(22,23)11-13-6-2-1-3-7-13;20-18(21)15(17-10-14-8-4-5-9-16(14)19-17)12-24(22,23)11-13-6-2-1-3-7-13;20-18(21)16(14-7-4-8-17-15(14)9-10-19-17)12-24(22,23)11-13-5-2-1-3-6-13;15-14(16)12(13-7-4-8-20-13)10-19(17,18)9-11-5-2-1-3-6-11;2*15-14(16)13(12-6-7-20-10-12)9-19(17,18)8-11-4-2-1-3-5-11/h1-10,16,19H,11-12H2,(H,20,21)(H,22,23);1-10,15,19H,11-12H2,(H,20,21)(H,22,23);1-10,16,19H,11-12H2,(H,20,21)(H,22,23);1-8,12H,9-10H2,(H,15,16)(H,17,18);2*1-7,10,13H,8-9H2,(H,15,16)(H,17,18). The van der Waals surface area contributed by atoms with Gasteiger partial charge in [0, 0.05) is 124 Å². The predicted molar refractivity (Wildman–Crippen MR) is 519 cm³/mol. The van der Waals surface area contributed by atoms with Gasteiger partial charge in [-0.3, -0.25) is 56.2 Å². The number of carboxylic acids is 6. The average Bonchev–Trinajstić information content (AvgIpc) is 1.57. The van der Waals surface area contributed by atoms with Crippen LogP contribution in [0.1, 0.15) is 102 Å². The molecule has 0 aliphatic heterocycles. The molecule has 15 aromatic rings. The molecular formula is C96H99N3O24P6S3. The van der Waals surface area contributed by atoms with Crippen LogP contribution in [-0.4, -0.2) is 148 Å². The molecule has 0 bridgehead atoms. The number of thiophene rings is 3. The topological polar surface area (TPSA) is 495 Å². The first kappa shape index (κ1) is 103. The van der Waals surface area contributed by atoms with Gasteiger partial charge in [0.05, 0.1) is 29.6 Å². The Morgan fingerprint density at radius 3 is 0.947 bits per heavy atom. The molecule has 6 heterocycles. The molecule has 15 rings (SSSR count). The maximum absolute atomic E-state index is 12.6. The van der Waals surface area contributed by atoms with Crippen LogP contribution in [0.4, 0.5) is 0 Å². The van der Waals surface area contributed by atoms with Gasteiger partial charge in [0.25, 0.3) is 0 Å². The lowest BCUT2D eigenvalue weighted by Crippen LogP contribution is -2.17. The van der Waals surface area contributed by atoms with Gasteiger partial charge in [-0.2, -0.15) is 22.7 Å². The number of aliphatic carboxylic acids is 6. The van der Waals surface area contributed by atoms with Gasteiger partial charge in [0.15, 0.2) is 0 Å². The zero-order valence-corrected chi connectivity index (χ0v) is 78.6. The van der Waals surface area contributed by atoms with Gasteiger partial charge in [0.1, 0.15) is 5.92 Å². The van der Waals surface area contributed by atoms with Crippen LogP contribution in [0.5, 0.6) is 0 Å². The molecule has 0 spiro atoms. The lowest BCUT2D eigenvalue weighted by molar-refractivity contribution is -0.139. The van der Waals surface area contributed by atoms with Crippen LogP contribution in [0.25, 0.3) is 32.7 Å². The highest BCUT2D eigenvalue weighted by atomic mass is 32.1. The molecule has 0 aliphatic carbocycles. The Kier molecular flexibility index (Phi) is 37.6. The number of carbonyl (C=O) groups is 6. The van der Waals surface area contributed by atoms with Crippen molar-refractivity contribution in [2.24, 2.45) is 0 Å². The lowest BCUT2D eigenvalue weighted by atomic mass is 9.97. The Morgan fingerprint density at radius 1 is 0.288 bits per heavy atom. The van der Waals surface area contributed by atoms with Gasteiger partial charge >= 0.3 is 35.8 Å². The highest BCUT2D eigenvalue weighted by molar-refractivity contribution is 7.58. The summed E-state index contributed by atoms with van der Waals surface area (Å²) in [4.78, 5) is 140. The minimum Gasteiger partial charge on any atom is -0.481 e. The lowest BCUT2D eigenvalue weighted by Gasteiger charge is -2.18. The van der Waals surface area contributed by atoms with Crippen LogP contribution in [-0.2, 0) is 93.1 Å². The summed E-state index contributed by atoms with van der Waals surface area (Å²) in [6.45, 7) is 0. The summed E-state index contributed by atoms with van der Waals surface area (Å²) in [7, 11) is -21.5. The number of H-pyrrole nitrogens is 3. The average molecular weight is 1960 g/mol. The summed E-state index contributed by atoms with van der Waals surface area (Å²) in [5, 5.41) is 67.6.